The Balaban J connectivity index is 1.48. The highest BCUT2D eigenvalue weighted by Crippen LogP contribution is 2.46. The molecule has 14 heteroatoms. The Labute approximate surface area is 251 Å². The van der Waals surface area contributed by atoms with Crippen LogP contribution in [-0.4, -0.2) is 84.7 Å². The van der Waals surface area contributed by atoms with Crippen molar-refractivity contribution >= 4 is 20.1 Å². The van der Waals surface area contributed by atoms with Crippen molar-refractivity contribution in [3.8, 4) is 5.75 Å². The first kappa shape index (κ1) is 33.1. The smallest absolute Gasteiger partial charge is 0.419 e. The lowest BCUT2D eigenvalue weighted by Gasteiger charge is -2.44. The molecule has 0 aliphatic carbocycles. The van der Waals surface area contributed by atoms with Gasteiger partial charge in [0.05, 0.1) is 0 Å². The van der Waals surface area contributed by atoms with Gasteiger partial charge >= 0.3 is 12.3 Å². The molecule has 0 radical (unpaired) electrons. The summed E-state index contributed by atoms with van der Waals surface area (Å²) in [5.41, 5.74) is -0.749. The number of likely N-dealkylation sites (tertiary alicyclic amines) is 1. The largest absolute Gasteiger partial charge is 0.490 e. The number of hydrogen-bond donors (Lipinski definition) is 1. The second-order valence-electron chi connectivity index (χ2n) is 13.5. The molecule has 3 heterocycles. The molecule has 1 N–H and O–H groups in total. The fraction of sp³-hybridized carbons (Fsp3) is 0.655. The minimum absolute atomic E-state index is 0.0602. The Bertz CT molecular complexity index is 1220. The van der Waals surface area contributed by atoms with Crippen molar-refractivity contribution in [1.29, 1.82) is 0 Å². The molecule has 3 aliphatic rings. The number of amides is 2. The average Bonchev–Trinajstić information content (AvgIpc) is 3.34. The summed E-state index contributed by atoms with van der Waals surface area (Å²) >= 11 is 0. The van der Waals surface area contributed by atoms with Crippen molar-refractivity contribution in [2.45, 2.75) is 95.8 Å². The molecule has 1 unspecified atom stereocenters. The Morgan fingerprint density at radius 2 is 1.74 bits per heavy atom. The molecule has 0 aromatic heterocycles. The van der Waals surface area contributed by atoms with Gasteiger partial charge in [0, 0.05) is 71.0 Å². The van der Waals surface area contributed by atoms with Gasteiger partial charge in [0.25, 0.3) is 5.91 Å². The van der Waals surface area contributed by atoms with Crippen LogP contribution in [0.2, 0.25) is 25.7 Å². The number of benzene rings is 1. The number of nitrogens with one attached hydrogen (secondary N) is 1. The van der Waals surface area contributed by atoms with Crippen molar-refractivity contribution in [2.75, 3.05) is 26.4 Å². The zero-order valence-electron chi connectivity index (χ0n) is 25.6. The van der Waals surface area contributed by atoms with E-state index in [4.69, 9.17) is 14.2 Å². The number of alkyl halides is 3. The van der Waals surface area contributed by atoms with Crippen LogP contribution in [0.5, 0.6) is 5.75 Å². The first-order valence-electron chi connectivity index (χ1n) is 14.5. The van der Waals surface area contributed by atoms with Crippen LogP contribution in [0.4, 0.5) is 22.4 Å². The molecule has 2 amide bonds. The molecule has 1 fully saturated rings. The van der Waals surface area contributed by atoms with Crippen LogP contribution in [0.25, 0.3) is 0 Å². The Morgan fingerprint density at radius 1 is 1.09 bits per heavy atom. The highest BCUT2D eigenvalue weighted by Gasteiger charge is 2.65. The quantitative estimate of drug-likeness (QED) is 0.234. The van der Waals surface area contributed by atoms with E-state index in [0.717, 1.165) is 28.2 Å². The molecule has 3 aliphatic heterocycles. The van der Waals surface area contributed by atoms with Gasteiger partial charge in [-0.05, 0) is 45.0 Å². The second-order valence-corrected chi connectivity index (χ2v) is 19.1. The maximum Gasteiger partial charge on any atom is 0.419 e. The number of hydrazine groups is 1. The van der Waals surface area contributed by atoms with E-state index in [-0.39, 0.29) is 36.3 Å². The lowest BCUT2D eigenvalue weighted by atomic mass is 9.93. The summed E-state index contributed by atoms with van der Waals surface area (Å²) in [7, 11) is -1.44. The van der Waals surface area contributed by atoms with Gasteiger partial charge in [-0.1, -0.05) is 19.6 Å². The first-order chi connectivity index (χ1) is 19.9. The number of carbonyl (C=O) groups is 2. The van der Waals surface area contributed by atoms with Gasteiger partial charge in [-0.25, -0.2) is 14.2 Å². The summed E-state index contributed by atoms with van der Waals surface area (Å²) in [6.07, 6.45) is -2.95. The minimum Gasteiger partial charge on any atom is -0.490 e. The van der Waals surface area contributed by atoms with E-state index in [9.17, 15) is 27.2 Å². The molecule has 4 rings (SSSR count). The monoisotopic (exact) mass is 630 g/mol. The van der Waals surface area contributed by atoms with Gasteiger partial charge in [0.2, 0.25) is 5.54 Å². The first-order valence-corrected chi connectivity index (χ1v) is 18.2. The SMILES string of the molecule is CC(C)(C)OC(=O)N1CCC(Oc2ccc(F)c3c2CN(C2(C(F)(F)F)C=CNN(COCC[Si](C)(C)C)C2=O)C3)CC1. The molecule has 43 heavy (non-hydrogen) atoms. The van der Waals surface area contributed by atoms with Crippen molar-refractivity contribution in [1.82, 2.24) is 20.2 Å². The normalized spacial score (nSPS) is 22.0. The number of halogens is 4. The third-order valence-corrected chi connectivity index (χ3v) is 9.39. The number of fused-ring (bicyclic) bond motifs is 1. The van der Waals surface area contributed by atoms with Crippen LogP contribution in [-0.2, 0) is 27.4 Å². The average molecular weight is 631 g/mol. The van der Waals surface area contributed by atoms with Crippen molar-refractivity contribution in [2.24, 2.45) is 0 Å². The third-order valence-electron chi connectivity index (χ3n) is 7.69. The van der Waals surface area contributed by atoms with Gasteiger partial charge in [-0.15, -0.1) is 0 Å². The summed E-state index contributed by atoms with van der Waals surface area (Å²) in [6, 6.07) is 3.38. The van der Waals surface area contributed by atoms with Crippen molar-refractivity contribution in [3.05, 3.63) is 41.4 Å². The Kier molecular flexibility index (Phi) is 9.44. The summed E-state index contributed by atoms with van der Waals surface area (Å²) < 4.78 is 76.7. The van der Waals surface area contributed by atoms with E-state index < -0.39 is 49.8 Å². The van der Waals surface area contributed by atoms with E-state index in [1.165, 1.54) is 12.1 Å². The molecule has 9 nitrogen and oxygen atoms in total. The Hall–Kier alpha value is -2.84. The number of ether oxygens (including phenoxy) is 3. The van der Waals surface area contributed by atoms with Gasteiger partial charge in [-0.3, -0.25) is 9.69 Å². The highest BCUT2D eigenvalue weighted by atomic mass is 28.3. The third kappa shape index (κ3) is 7.45. The summed E-state index contributed by atoms with van der Waals surface area (Å²) in [5.74, 6) is -1.65. The Morgan fingerprint density at radius 3 is 2.35 bits per heavy atom. The van der Waals surface area contributed by atoms with Crippen LogP contribution in [0.1, 0.15) is 44.7 Å². The van der Waals surface area contributed by atoms with Gasteiger partial charge in [-0.2, -0.15) is 13.2 Å². The predicted molar refractivity (Wildman–Crippen MR) is 154 cm³/mol. The molecule has 0 saturated carbocycles. The topological polar surface area (TPSA) is 83.6 Å². The van der Waals surface area contributed by atoms with Gasteiger partial charge in [0.1, 0.15) is 30.0 Å². The summed E-state index contributed by atoms with van der Waals surface area (Å²) in [5, 5.41) is 0.812. The molecule has 1 atom stereocenters. The van der Waals surface area contributed by atoms with Crippen LogP contribution >= 0.6 is 0 Å². The molecule has 240 valence electrons. The van der Waals surface area contributed by atoms with Gasteiger partial charge in [0.15, 0.2) is 0 Å². The van der Waals surface area contributed by atoms with E-state index in [2.05, 4.69) is 25.1 Å². The van der Waals surface area contributed by atoms with Gasteiger partial charge < -0.3 is 24.5 Å². The molecule has 1 aromatic rings. The van der Waals surface area contributed by atoms with Crippen LogP contribution in [0, 0.1) is 5.82 Å². The van der Waals surface area contributed by atoms with Crippen molar-refractivity contribution < 1.29 is 41.4 Å². The standard InChI is InChI=1S/C29H42F4N4O5Si/c1-27(2,3)42-26(39)35-13-9-20(10-14-35)41-24-8-7-23(30)21-17-36(18-22(21)24)28(29(31,32)33)11-12-34-37(25(28)38)19-40-15-16-43(4,5)6/h7-8,11-12,20,34H,9-10,13-19H2,1-6H3. The molecular weight excluding hydrogens is 588 g/mol. The zero-order chi connectivity index (χ0) is 31.8. The zero-order valence-corrected chi connectivity index (χ0v) is 26.6. The van der Waals surface area contributed by atoms with Crippen LogP contribution in [0.15, 0.2) is 24.4 Å². The fourth-order valence-electron chi connectivity index (χ4n) is 5.30. The number of rotatable bonds is 8. The van der Waals surface area contributed by atoms with Crippen LogP contribution < -0.4 is 10.2 Å². The molecule has 1 aromatic carbocycles. The number of piperidine rings is 1. The minimum atomic E-state index is -5.01. The predicted octanol–water partition coefficient (Wildman–Crippen LogP) is 5.39. The van der Waals surface area contributed by atoms with E-state index in [1.54, 1.807) is 25.7 Å². The summed E-state index contributed by atoms with van der Waals surface area (Å²) in [6.45, 7) is 11.7. The molecule has 1 saturated heterocycles. The second kappa shape index (κ2) is 12.3. The maximum absolute atomic E-state index is 15.0. The van der Waals surface area contributed by atoms with E-state index in [0.29, 0.717) is 32.5 Å². The van der Waals surface area contributed by atoms with Crippen LogP contribution in [0.3, 0.4) is 0 Å². The lowest BCUT2D eigenvalue weighted by molar-refractivity contribution is -0.227. The maximum atomic E-state index is 15.0. The lowest BCUT2D eigenvalue weighted by Crippen LogP contribution is -2.69. The number of hydrogen-bond acceptors (Lipinski definition) is 7. The van der Waals surface area contributed by atoms with E-state index in [1.807, 2.05) is 0 Å². The summed E-state index contributed by atoms with van der Waals surface area (Å²) in [4.78, 5) is 28.4. The molecule has 0 spiro atoms. The number of carbonyl (C=O) groups excluding carboxylic acids is 2. The highest BCUT2D eigenvalue weighted by molar-refractivity contribution is 6.76. The fourth-order valence-corrected chi connectivity index (χ4v) is 6.05. The number of nitrogens with zero attached hydrogens (tertiary/aromatic N) is 3. The molecular formula is C29H42F4N4O5Si. The van der Waals surface area contributed by atoms with Crippen molar-refractivity contribution in [3.63, 3.8) is 0 Å². The molecule has 0 bridgehead atoms. The van der Waals surface area contributed by atoms with E-state index >= 15 is 0 Å².